The molecule has 0 bridgehead atoms. The minimum Gasteiger partial charge on any atom is -0.481 e. The Morgan fingerprint density at radius 3 is 2.09 bits per heavy atom. The van der Waals surface area contributed by atoms with Gasteiger partial charge in [0, 0.05) is 12.0 Å². The van der Waals surface area contributed by atoms with Gasteiger partial charge in [-0.2, -0.15) is 0 Å². The largest absolute Gasteiger partial charge is 0.481 e. The number of amides is 2. The molecule has 1 atom stereocenters. The predicted molar refractivity (Wildman–Crippen MR) is 133 cm³/mol. The van der Waals surface area contributed by atoms with Crippen molar-refractivity contribution in [3.05, 3.63) is 59.7 Å². The van der Waals surface area contributed by atoms with Crippen LogP contribution >= 0.6 is 0 Å². The number of carbonyl (C=O) groups is 3. The van der Waals surface area contributed by atoms with Crippen LogP contribution in [-0.2, 0) is 14.3 Å². The first-order valence-corrected chi connectivity index (χ1v) is 12.5. The summed E-state index contributed by atoms with van der Waals surface area (Å²) in [6.07, 6.45) is 2.82. The monoisotopic (exact) mass is 478 g/mol. The van der Waals surface area contributed by atoms with E-state index < -0.39 is 23.6 Å². The lowest BCUT2D eigenvalue weighted by molar-refractivity contribution is -0.138. The number of carboxylic acids is 1. The van der Waals surface area contributed by atoms with Gasteiger partial charge in [-0.25, -0.2) is 4.79 Å². The van der Waals surface area contributed by atoms with Crippen molar-refractivity contribution >= 4 is 18.0 Å². The Kier molecular flexibility index (Phi) is 7.43. The average Bonchev–Trinajstić information content (AvgIpc) is 3.16. The first-order valence-electron chi connectivity index (χ1n) is 12.5. The molecule has 0 aliphatic heterocycles. The van der Waals surface area contributed by atoms with Gasteiger partial charge in [0.1, 0.15) is 12.1 Å². The van der Waals surface area contributed by atoms with Crippen LogP contribution in [-0.4, -0.2) is 41.3 Å². The van der Waals surface area contributed by atoms with Gasteiger partial charge in [-0.3, -0.25) is 9.59 Å². The normalized spacial score (nSPS) is 17.2. The van der Waals surface area contributed by atoms with E-state index in [4.69, 9.17) is 4.74 Å². The van der Waals surface area contributed by atoms with Crippen LogP contribution in [0.15, 0.2) is 48.5 Å². The minimum absolute atomic E-state index is 0.0508. The number of hydrogen-bond acceptors (Lipinski definition) is 4. The van der Waals surface area contributed by atoms with Gasteiger partial charge < -0.3 is 20.5 Å². The second-order valence-corrected chi connectivity index (χ2v) is 10.0. The third kappa shape index (κ3) is 5.34. The third-order valence-corrected chi connectivity index (χ3v) is 7.34. The standard InChI is InChI=1S/C28H34N2O5/c1-18(2)24(16-25(31)32)29-26(33)28(14-8-3-9-15-28)30-27(34)35-17-23-21-12-6-4-10-19(21)20-11-5-7-13-22(20)23/h4-7,10-13,18,23-24H,3,8-9,14-17H2,1-2H3,(H,29,33)(H,30,34)(H,31,32)/t24-/m1/s1. The highest BCUT2D eigenvalue weighted by Crippen LogP contribution is 2.44. The molecule has 0 saturated heterocycles. The molecule has 2 aromatic carbocycles. The molecule has 7 nitrogen and oxygen atoms in total. The van der Waals surface area contributed by atoms with Crippen molar-refractivity contribution in [1.29, 1.82) is 0 Å². The zero-order valence-corrected chi connectivity index (χ0v) is 20.4. The maximum Gasteiger partial charge on any atom is 0.408 e. The summed E-state index contributed by atoms with van der Waals surface area (Å²) in [6.45, 7) is 3.92. The van der Waals surface area contributed by atoms with E-state index in [1.54, 1.807) is 0 Å². The number of aliphatic carboxylic acids is 1. The zero-order valence-electron chi connectivity index (χ0n) is 20.4. The van der Waals surface area contributed by atoms with Gasteiger partial charge in [0.15, 0.2) is 0 Å². The summed E-state index contributed by atoms with van der Waals surface area (Å²) in [5, 5.41) is 15.0. The molecule has 2 aromatic rings. The van der Waals surface area contributed by atoms with E-state index in [9.17, 15) is 19.5 Å². The number of hydrogen-bond donors (Lipinski definition) is 3. The number of ether oxygens (including phenoxy) is 1. The fraction of sp³-hybridized carbons (Fsp3) is 0.464. The molecule has 35 heavy (non-hydrogen) atoms. The number of fused-ring (bicyclic) bond motifs is 3. The quantitative estimate of drug-likeness (QED) is 0.503. The van der Waals surface area contributed by atoms with Crippen molar-refractivity contribution in [2.24, 2.45) is 5.92 Å². The van der Waals surface area contributed by atoms with Crippen LogP contribution in [0.2, 0.25) is 0 Å². The van der Waals surface area contributed by atoms with Crippen LogP contribution in [0.1, 0.15) is 69.4 Å². The minimum atomic E-state index is -1.09. The number of carbonyl (C=O) groups excluding carboxylic acids is 2. The second-order valence-electron chi connectivity index (χ2n) is 10.0. The second kappa shape index (κ2) is 10.5. The Labute approximate surface area is 206 Å². The summed E-state index contributed by atoms with van der Waals surface area (Å²) >= 11 is 0. The van der Waals surface area contributed by atoms with Gasteiger partial charge in [0.25, 0.3) is 0 Å². The van der Waals surface area contributed by atoms with Crippen molar-refractivity contribution in [3.63, 3.8) is 0 Å². The lowest BCUT2D eigenvalue weighted by Gasteiger charge is -2.37. The summed E-state index contributed by atoms with van der Waals surface area (Å²) in [5.74, 6) is -1.41. The van der Waals surface area contributed by atoms with Crippen molar-refractivity contribution in [1.82, 2.24) is 10.6 Å². The lowest BCUT2D eigenvalue weighted by Crippen LogP contribution is -2.61. The van der Waals surface area contributed by atoms with Crippen molar-refractivity contribution in [2.75, 3.05) is 6.61 Å². The summed E-state index contributed by atoms with van der Waals surface area (Å²) in [5.41, 5.74) is 3.46. The van der Waals surface area contributed by atoms with Gasteiger partial charge in [0.2, 0.25) is 5.91 Å². The highest BCUT2D eigenvalue weighted by molar-refractivity contribution is 5.90. The Hall–Kier alpha value is -3.35. The summed E-state index contributed by atoms with van der Waals surface area (Å²) in [4.78, 5) is 37.6. The Morgan fingerprint density at radius 1 is 0.971 bits per heavy atom. The van der Waals surface area contributed by atoms with Crippen LogP contribution in [0.3, 0.4) is 0 Å². The van der Waals surface area contributed by atoms with E-state index in [1.807, 2.05) is 38.1 Å². The molecule has 7 heteroatoms. The van der Waals surface area contributed by atoms with E-state index in [-0.39, 0.29) is 30.8 Å². The number of nitrogens with one attached hydrogen (secondary N) is 2. The average molecular weight is 479 g/mol. The Balaban J connectivity index is 1.46. The van der Waals surface area contributed by atoms with Gasteiger partial charge in [-0.05, 0) is 41.0 Å². The molecular formula is C28H34N2O5. The molecule has 0 radical (unpaired) electrons. The van der Waals surface area contributed by atoms with E-state index in [0.717, 1.165) is 41.5 Å². The smallest absolute Gasteiger partial charge is 0.408 e. The third-order valence-electron chi connectivity index (χ3n) is 7.34. The molecule has 1 fully saturated rings. The molecule has 4 rings (SSSR count). The molecule has 186 valence electrons. The Bertz CT molecular complexity index is 1040. The fourth-order valence-electron chi connectivity index (χ4n) is 5.34. The molecule has 2 aliphatic rings. The summed E-state index contributed by atoms with van der Waals surface area (Å²) < 4.78 is 5.71. The highest BCUT2D eigenvalue weighted by Gasteiger charge is 2.42. The van der Waals surface area contributed by atoms with Crippen molar-refractivity contribution < 1.29 is 24.2 Å². The maximum atomic E-state index is 13.4. The molecule has 3 N–H and O–H groups in total. The first-order chi connectivity index (χ1) is 16.8. The van der Waals surface area contributed by atoms with Crippen LogP contribution in [0.5, 0.6) is 0 Å². The number of rotatable bonds is 8. The van der Waals surface area contributed by atoms with Crippen molar-refractivity contribution in [2.45, 2.75) is 69.9 Å². The van der Waals surface area contributed by atoms with E-state index in [1.165, 1.54) is 0 Å². The molecule has 0 heterocycles. The first kappa shape index (κ1) is 24.8. The van der Waals surface area contributed by atoms with Crippen LogP contribution < -0.4 is 10.6 Å². The van der Waals surface area contributed by atoms with Gasteiger partial charge in [0.05, 0.1) is 6.42 Å². The van der Waals surface area contributed by atoms with E-state index >= 15 is 0 Å². The topological polar surface area (TPSA) is 105 Å². The van der Waals surface area contributed by atoms with Crippen LogP contribution in [0.25, 0.3) is 11.1 Å². The molecule has 0 unspecified atom stereocenters. The molecule has 2 aliphatic carbocycles. The Morgan fingerprint density at radius 2 is 1.54 bits per heavy atom. The number of benzene rings is 2. The molecule has 0 spiro atoms. The number of carboxylic acid groups (broad SMARTS) is 1. The predicted octanol–water partition coefficient (Wildman–Crippen LogP) is 4.84. The van der Waals surface area contributed by atoms with Gasteiger partial charge >= 0.3 is 12.1 Å². The fourth-order valence-corrected chi connectivity index (χ4v) is 5.34. The van der Waals surface area contributed by atoms with E-state index in [2.05, 4.69) is 34.9 Å². The summed E-state index contributed by atoms with van der Waals surface area (Å²) in [7, 11) is 0. The maximum absolute atomic E-state index is 13.4. The molecule has 1 saturated carbocycles. The van der Waals surface area contributed by atoms with Gasteiger partial charge in [-0.1, -0.05) is 81.6 Å². The van der Waals surface area contributed by atoms with E-state index in [0.29, 0.717) is 12.8 Å². The molecule has 0 aromatic heterocycles. The highest BCUT2D eigenvalue weighted by atomic mass is 16.5. The van der Waals surface area contributed by atoms with Gasteiger partial charge in [-0.15, -0.1) is 0 Å². The number of alkyl carbamates (subject to hydrolysis) is 1. The molecule has 2 amide bonds. The molecular weight excluding hydrogens is 444 g/mol. The summed E-state index contributed by atoms with van der Waals surface area (Å²) in [6, 6.07) is 15.8. The zero-order chi connectivity index (χ0) is 25.0. The van der Waals surface area contributed by atoms with Crippen LogP contribution in [0, 0.1) is 5.92 Å². The van der Waals surface area contributed by atoms with Crippen LogP contribution in [0.4, 0.5) is 4.79 Å². The van der Waals surface area contributed by atoms with Crippen molar-refractivity contribution in [3.8, 4) is 11.1 Å². The lowest BCUT2D eigenvalue weighted by atomic mass is 9.80. The SMILES string of the molecule is CC(C)[C@@H](CC(=O)O)NC(=O)C1(NC(=O)OCC2c3ccccc3-c3ccccc32)CCCCC1.